The summed E-state index contributed by atoms with van der Waals surface area (Å²) in [7, 11) is 3.73. The van der Waals surface area contributed by atoms with Crippen LogP contribution >= 0.6 is 0 Å². The summed E-state index contributed by atoms with van der Waals surface area (Å²) in [5.74, 6) is -0.453. The van der Waals surface area contributed by atoms with Gasteiger partial charge in [0.15, 0.2) is 5.79 Å². The minimum atomic E-state index is -0.453. The standard InChI is InChI=1S/C13H25NO4/c1-10(9-16-3)14(2)11-8-13(5-4-12(11)15)17-6-7-18-13/h10-12,15H,4-9H2,1-3H3. The summed E-state index contributed by atoms with van der Waals surface area (Å²) in [6.45, 7) is 4.10. The Morgan fingerprint density at radius 2 is 2.11 bits per heavy atom. The van der Waals surface area contributed by atoms with Gasteiger partial charge in [-0.2, -0.15) is 0 Å². The molecule has 0 bridgehead atoms. The topological polar surface area (TPSA) is 51.2 Å². The van der Waals surface area contributed by atoms with Gasteiger partial charge >= 0.3 is 0 Å². The predicted molar refractivity (Wildman–Crippen MR) is 67.4 cm³/mol. The Morgan fingerprint density at radius 1 is 1.44 bits per heavy atom. The molecule has 18 heavy (non-hydrogen) atoms. The number of aliphatic hydroxyl groups is 1. The zero-order valence-corrected chi connectivity index (χ0v) is 11.6. The number of nitrogens with zero attached hydrogens (tertiary/aromatic N) is 1. The molecule has 2 rings (SSSR count). The third-order valence-electron chi connectivity index (χ3n) is 4.23. The third kappa shape index (κ3) is 2.86. The highest BCUT2D eigenvalue weighted by atomic mass is 16.7. The van der Waals surface area contributed by atoms with Crippen LogP contribution < -0.4 is 0 Å². The van der Waals surface area contributed by atoms with Crippen LogP contribution in [0.25, 0.3) is 0 Å². The molecule has 1 saturated heterocycles. The quantitative estimate of drug-likeness (QED) is 0.801. The van der Waals surface area contributed by atoms with E-state index >= 15 is 0 Å². The fourth-order valence-corrected chi connectivity index (χ4v) is 2.98. The molecule has 3 atom stereocenters. The first kappa shape index (κ1) is 14.2. The molecular weight excluding hydrogens is 234 g/mol. The lowest BCUT2D eigenvalue weighted by molar-refractivity contribution is -0.206. The van der Waals surface area contributed by atoms with Crippen molar-refractivity contribution in [2.45, 2.75) is 50.2 Å². The molecule has 0 radical (unpaired) electrons. The van der Waals surface area contributed by atoms with Crippen molar-refractivity contribution in [1.29, 1.82) is 0 Å². The van der Waals surface area contributed by atoms with Crippen LogP contribution in [0.15, 0.2) is 0 Å². The monoisotopic (exact) mass is 259 g/mol. The Labute approximate surface area is 109 Å². The minimum Gasteiger partial charge on any atom is -0.391 e. The molecule has 1 aliphatic heterocycles. The first-order chi connectivity index (χ1) is 8.58. The van der Waals surface area contributed by atoms with Crippen molar-refractivity contribution in [1.82, 2.24) is 4.90 Å². The van der Waals surface area contributed by atoms with Crippen LogP contribution in [0.5, 0.6) is 0 Å². The molecule has 0 amide bonds. The van der Waals surface area contributed by atoms with Crippen molar-refractivity contribution in [3.05, 3.63) is 0 Å². The van der Waals surface area contributed by atoms with Gasteiger partial charge in [0.05, 0.1) is 25.9 Å². The van der Waals surface area contributed by atoms with E-state index in [1.54, 1.807) is 7.11 Å². The Hall–Kier alpha value is -0.200. The van der Waals surface area contributed by atoms with Gasteiger partial charge in [-0.1, -0.05) is 0 Å². The second-order valence-electron chi connectivity index (χ2n) is 5.45. The van der Waals surface area contributed by atoms with Crippen LogP contribution in [-0.4, -0.2) is 68.0 Å². The number of rotatable bonds is 4. The molecule has 1 spiro atoms. The molecule has 3 unspecified atom stereocenters. The maximum atomic E-state index is 10.2. The van der Waals surface area contributed by atoms with Gasteiger partial charge < -0.3 is 19.3 Å². The molecule has 5 heteroatoms. The van der Waals surface area contributed by atoms with Crippen molar-refractivity contribution in [3.8, 4) is 0 Å². The number of hydrogen-bond donors (Lipinski definition) is 1. The van der Waals surface area contributed by atoms with Crippen LogP contribution in [0.4, 0.5) is 0 Å². The first-order valence-corrected chi connectivity index (χ1v) is 6.75. The van der Waals surface area contributed by atoms with Crippen molar-refractivity contribution in [2.75, 3.05) is 34.0 Å². The molecular formula is C13H25NO4. The fourth-order valence-electron chi connectivity index (χ4n) is 2.98. The van der Waals surface area contributed by atoms with Gasteiger partial charge in [0.25, 0.3) is 0 Å². The Kier molecular flexibility index (Phi) is 4.61. The van der Waals surface area contributed by atoms with E-state index in [1.807, 2.05) is 7.05 Å². The summed E-state index contributed by atoms with van der Waals surface area (Å²) in [4.78, 5) is 2.18. The summed E-state index contributed by atoms with van der Waals surface area (Å²) in [6.07, 6.45) is 1.94. The van der Waals surface area contributed by atoms with E-state index in [1.165, 1.54) is 0 Å². The van der Waals surface area contributed by atoms with Gasteiger partial charge in [0.1, 0.15) is 0 Å². The molecule has 2 fully saturated rings. The summed E-state index contributed by atoms with van der Waals surface area (Å²) < 4.78 is 16.7. The average molecular weight is 259 g/mol. The van der Waals surface area contributed by atoms with Crippen molar-refractivity contribution in [3.63, 3.8) is 0 Å². The van der Waals surface area contributed by atoms with Gasteiger partial charge in [-0.05, 0) is 20.4 Å². The summed E-state index contributed by atoms with van der Waals surface area (Å²) in [5, 5.41) is 10.2. The highest BCUT2D eigenvalue weighted by molar-refractivity contribution is 4.93. The highest BCUT2D eigenvalue weighted by Crippen LogP contribution is 2.37. The summed E-state index contributed by atoms with van der Waals surface area (Å²) >= 11 is 0. The molecule has 0 aromatic rings. The normalized spacial score (nSPS) is 33.2. The van der Waals surface area contributed by atoms with Gasteiger partial charge in [0.2, 0.25) is 0 Å². The number of methoxy groups -OCH3 is 1. The van der Waals surface area contributed by atoms with Gasteiger partial charge in [-0.3, -0.25) is 4.90 Å². The van der Waals surface area contributed by atoms with E-state index in [-0.39, 0.29) is 18.2 Å². The van der Waals surface area contributed by atoms with Crippen LogP contribution in [0, 0.1) is 0 Å². The number of aliphatic hydroxyl groups excluding tert-OH is 1. The summed E-state index contributed by atoms with van der Waals surface area (Å²) in [5.41, 5.74) is 0. The molecule has 0 aromatic carbocycles. The number of hydrogen-bond acceptors (Lipinski definition) is 5. The van der Waals surface area contributed by atoms with E-state index in [0.29, 0.717) is 19.8 Å². The molecule has 1 heterocycles. The zero-order chi connectivity index (χ0) is 13.2. The van der Waals surface area contributed by atoms with E-state index in [0.717, 1.165) is 19.3 Å². The lowest BCUT2D eigenvalue weighted by atomic mass is 9.86. The molecule has 5 nitrogen and oxygen atoms in total. The largest absolute Gasteiger partial charge is 0.391 e. The SMILES string of the molecule is COCC(C)N(C)C1CC2(CCC1O)OCCO2. The van der Waals surface area contributed by atoms with Crippen LogP contribution in [-0.2, 0) is 14.2 Å². The Bertz CT molecular complexity index is 268. The number of likely N-dealkylation sites (N-methyl/N-ethyl adjacent to an activating group) is 1. The Balaban J connectivity index is 2.00. The van der Waals surface area contributed by atoms with Crippen LogP contribution in [0.1, 0.15) is 26.2 Å². The van der Waals surface area contributed by atoms with Crippen molar-refractivity contribution < 1.29 is 19.3 Å². The fraction of sp³-hybridized carbons (Fsp3) is 1.00. The number of ether oxygens (including phenoxy) is 3. The molecule has 1 aliphatic carbocycles. The maximum Gasteiger partial charge on any atom is 0.170 e. The smallest absolute Gasteiger partial charge is 0.170 e. The second-order valence-corrected chi connectivity index (χ2v) is 5.45. The molecule has 0 aromatic heterocycles. The first-order valence-electron chi connectivity index (χ1n) is 6.75. The zero-order valence-electron chi connectivity index (χ0n) is 11.6. The summed E-state index contributed by atoms with van der Waals surface area (Å²) in [6, 6.07) is 0.341. The van der Waals surface area contributed by atoms with E-state index in [2.05, 4.69) is 11.8 Å². The lowest BCUT2D eigenvalue weighted by Gasteiger charge is -2.44. The molecule has 1 saturated carbocycles. The van der Waals surface area contributed by atoms with Crippen molar-refractivity contribution in [2.24, 2.45) is 0 Å². The second kappa shape index (κ2) is 5.84. The van der Waals surface area contributed by atoms with E-state index in [4.69, 9.17) is 14.2 Å². The van der Waals surface area contributed by atoms with Gasteiger partial charge in [-0.15, -0.1) is 0 Å². The van der Waals surface area contributed by atoms with Crippen LogP contribution in [0.3, 0.4) is 0 Å². The van der Waals surface area contributed by atoms with Gasteiger partial charge in [-0.25, -0.2) is 0 Å². The highest BCUT2D eigenvalue weighted by Gasteiger charge is 2.46. The maximum absolute atomic E-state index is 10.2. The van der Waals surface area contributed by atoms with Crippen LogP contribution in [0.2, 0.25) is 0 Å². The minimum absolute atomic E-state index is 0.0713. The van der Waals surface area contributed by atoms with Crippen molar-refractivity contribution >= 4 is 0 Å². The third-order valence-corrected chi connectivity index (χ3v) is 4.23. The molecule has 1 N–H and O–H groups in total. The average Bonchev–Trinajstić information content (AvgIpc) is 2.81. The lowest BCUT2D eigenvalue weighted by Crippen LogP contribution is -2.55. The van der Waals surface area contributed by atoms with E-state index in [9.17, 15) is 5.11 Å². The molecule has 2 aliphatic rings. The Morgan fingerprint density at radius 3 is 2.72 bits per heavy atom. The molecule has 106 valence electrons. The predicted octanol–water partition coefficient (Wildman–Crippen LogP) is 0.610. The van der Waals surface area contributed by atoms with Gasteiger partial charge in [0, 0.05) is 32.0 Å². The van der Waals surface area contributed by atoms with E-state index < -0.39 is 5.79 Å².